The van der Waals surface area contributed by atoms with Crippen LogP contribution in [0.5, 0.6) is 0 Å². The summed E-state index contributed by atoms with van der Waals surface area (Å²) in [7, 11) is 0. The molecular formula is C13H18BrNO3. The Labute approximate surface area is 115 Å². The Morgan fingerprint density at radius 3 is 2.83 bits per heavy atom. The van der Waals surface area contributed by atoms with Gasteiger partial charge < -0.3 is 9.52 Å². The molecule has 0 spiro atoms. The largest absolute Gasteiger partial charge is 0.481 e. The first-order valence-corrected chi connectivity index (χ1v) is 7.02. The van der Waals surface area contributed by atoms with Crippen LogP contribution in [0, 0.1) is 5.92 Å². The number of rotatable bonds is 3. The van der Waals surface area contributed by atoms with E-state index >= 15 is 0 Å². The summed E-state index contributed by atoms with van der Waals surface area (Å²) in [5.41, 5.74) is 0. The van der Waals surface area contributed by atoms with Gasteiger partial charge in [0.05, 0.1) is 12.0 Å². The molecule has 3 unspecified atom stereocenters. The second-order valence-corrected chi connectivity index (χ2v) is 5.75. The number of piperidine rings is 1. The number of carbonyl (C=O) groups is 1. The SMILES string of the molecule is CC1CC(C(=O)O)CCN1C(C)c1ccc(Br)o1. The van der Waals surface area contributed by atoms with E-state index in [0.29, 0.717) is 12.8 Å². The minimum Gasteiger partial charge on any atom is -0.481 e. The molecule has 1 fully saturated rings. The van der Waals surface area contributed by atoms with E-state index in [-0.39, 0.29) is 18.0 Å². The molecule has 0 saturated carbocycles. The van der Waals surface area contributed by atoms with Crippen molar-refractivity contribution in [3.05, 3.63) is 22.6 Å². The van der Waals surface area contributed by atoms with Gasteiger partial charge in [0.2, 0.25) is 0 Å². The third-order valence-corrected chi connectivity index (χ3v) is 4.21. The van der Waals surface area contributed by atoms with Crippen LogP contribution < -0.4 is 0 Å². The molecule has 0 bridgehead atoms. The number of halogens is 1. The maximum atomic E-state index is 11.0. The van der Waals surface area contributed by atoms with Crippen LogP contribution in [0.15, 0.2) is 21.2 Å². The Hall–Kier alpha value is -0.810. The second kappa shape index (κ2) is 5.45. The lowest BCUT2D eigenvalue weighted by molar-refractivity contribution is -0.144. The Balaban J connectivity index is 2.04. The van der Waals surface area contributed by atoms with Crippen molar-refractivity contribution < 1.29 is 14.3 Å². The molecule has 3 atom stereocenters. The van der Waals surface area contributed by atoms with Gasteiger partial charge >= 0.3 is 5.97 Å². The van der Waals surface area contributed by atoms with E-state index in [1.807, 2.05) is 12.1 Å². The lowest BCUT2D eigenvalue weighted by atomic mass is 9.90. The van der Waals surface area contributed by atoms with Crippen molar-refractivity contribution >= 4 is 21.9 Å². The summed E-state index contributed by atoms with van der Waals surface area (Å²) in [5, 5.41) is 9.06. The number of nitrogens with zero attached hydrogens (tertiary/aromatic N) is 1. The first-order valence-electron chi connectivity index (χ1n) is 6.23. The van der Waals surface area contributed by atoms with Crippen LogP contribution in [-0.4, -0.2) is 28.6 Å². The minimum atomic E-state index is -0.671. The molecule has 0 radical (unpaired) electrons. The first-order chi connectivity index (χ1) is 8.49. The highest BCUT2D eigenvalue weighted by molar-refractivity contribution is 9.10. The fraction of sp³-hybridized carbons (Fsp3) is 0.615. The predicted octanol–water partition coefficient (Wildman–Crippen LogP) is 3.29. The molecule has 1 aromatic rings. The maximum absolute atomic E-state index is 11.0. The lowest BCUT2D eigenvalue weighted by Crippen LogP contribution is -2.43. The molecule has 100 valence electrons. The Bertz CT molecular complexity index is 432. The number of aliphatic carboxylic acids is 1. The fourth-order valence-electron chi connectivity index (χ4n) is 2.71. The average molecular weight is 316 g/mol. The smallest absolute Gasteiger partial charge is 0.306 e. The van der Waals surface area contributed by atoms with Gasteiger partial charge in [-0.1, -0.05) is 0 Å². The van der Waals surface area contributed by atoms with Crippen LogP contribution in [0.2, 0.25) is 0 Å². The van der Waals surface area contributed by atoms with Crippen LogP contribution in [0.4, 0.5) is 0 Å². The van der Waals surface area contributed by atoms with Crippen LogP contribution in [0.3, 0.4) is 0 Å². The van der Waals surface area contributed by atoms with E-state index in [9.17, 15) is 4.79 Å². The molecule has 1 aromatic heterocycles. The Morgan fingerprint density at radius 2 is 2.33 bits per heavy atom. The fourth-order valence-corrected chi connectivity index (χ4v) is 3.03. The number of hydrogen-bond donors (Lipinski definition) is 1. The zero-order valence-corrected chi connectivity index (χ0v) is 12.2. The molecule has 5 heteroatoms. The summed E-state index contributed by atoms with van der Waals surface area (Å²) in [4.78, 5) is 13.3. The minimum absolute atomic E-state index is 0.182. The molecule has 0 aliphatic carbocycles. The van der Waals surface area contributed by atoms with Crippen molar-refractivity contribution in [2.75, 3.05) is 6.54 Å². The van der Waals surface area contributed by atoms with E-state index < -0.39 is 5.97 Å². The van der Waals surface area contributed by atoms with E-state index in [2.05, 4.69) is 34.7 Å². The quantitative estimate of drug-likeness (QED) is 0.930. The van der Waals surface area contributed by atoms with Gasteiger partial charge in [0.25, 0.3) is 0 Å². The topological polar surface area (TPSA) is 53.7 Å². The highest BCUT2D eigenvalue weighted by atomic mass is 79.9. The van der Waals surface area contributed by atoms with Crippen molar-refractivity contribution in [1.82, 2.24) is 4.90 Å². The van der Waals surface area contributed by atoms with Gasteiger partial charge in [-0.05, 0) is 61.3 Å². The number of carboxylic acid groups (broad SMARTS) is 1. The molecule has 4 nitrogen and oxygen atoms in total. The van der Waals surface area contributed by atoms with E-state index in [1.165, 1.54) is 0 Å². The average Bonchev–Trinajstić information content (AvgIpc) is 2.74. The molecule has 1 N–H and O–H groups in total. The number of carboxylic acids is 1. The number of furan rings is 1. The van der Waals surface area contributed by atoms with Crippen molar-refractivity contribution in [2.45, 2.75) is 38.8 Å². The predicted molar refractivity (Wildman–Crippen MR) is 71.4 cm³/mol. The Kier molecular flexibility index (Phi) is 4.12. The molecule has 1 saturated heterocycles. The van der Waals surface area contributed by atoms with Crippen molar-refractivity contribution in [3.63, 3.8) is 0 Å². The van der Waals surface area contributed by atoms with E-state index in [0.717, 1.165) is 17.0 Å². The number of hydrogen-bond acceptors (Lipinski definition) is 3. The number of likely N-dealkylation sites (tertiary alicyclic amines) is 1. The van der Waals surface area contributed by atoms with Gasteiger partial charge in [-0.3, -0.25) is 9.69 Å². The normalized spacial score (nSPS) is 27.1. The monoisotopic (exact) mass is 315 g/mol. The second-order valence-electron chi connectivity index (χ2n) is 4.96. The van der Waals surface area contributed by atoms with Crippen LogP contribution in [0.1, 0.15) is 38.5 Å². The van der Waals surface area contributed by atoms with Crippen molar-refractivity contribution in [2.24, 2.45) is 5.92 Å². The van der Waals surface area contributed by atoms with E-state index in [4.69, 9.17) is 9.52 Å². The Morgan fingerprint density at radius 1 is 1.61 bits per heavy atom. The van der Waals surface area contributed by atoms with Crippen LogP contribution >= 0.6 is 15.9 Å². The van der Waals surface area contributed by atoms with Gasteiger partial charge in [0, 0.05) is 6.04 Å². The lowest BCUT2D eigenvalue weighted by Gasteiger charge is -2.39. The summed E-state index contributed by atoms with van der Waals surface area (Å²) in [5.74, 6) is 0.0455. The van der Waals surface area contributed by atoms with E-state index in [1.54, 1.807) is 0 Å². The molecule has 0 amide bonds. The van der Waals surface area contributed by atoms with Gasteiger partial charge in [-0.15, -0.1) is 0 Å². The van der Waals surface area contributed by atoms with Gasteiger partial charge in [0.1, 0.15) is 5.76 Å². The van der Waals surface area contributed by atoms with Crippen LogP contribution in [0.25, 0.3) is 0 Å². The van der Waals surface area contributed by atoms with Gasteiger partial charge in [0.15, 0.2) is 4.67 Å². The van der Waals surface area contributed by atoms with Gasteiger partial charge in [-0.25, -0.2) is 0 Å². The third kappa shape index (κ3) is 2.78. The summed E-state index contributed by atoms with van der Waals surface area (Å²) < 4.78 is 6.31. The third-order valence-electron chi connectivity index (χ3n) is 3.78. The van der Waals surface area contributed by atoms with Crippen LogP contribution in [-0.2, 0) is 4.79 Å². The molecule has 1 aliphatic rings. The van der Waals surface area contributed by atoms with Crippen molar-refractivity contribution in [1.29, 1.82) is 0 Å². The van der Waals surface area contributed by atoms with Gasteiger partial charge in [-0.2, -0.15) is 0 Å². The highest BCUT2D eigenvalue weighted by Crippen LogP contribution is 2.32. The first kappa shape index (κ1) is 13.6. The van der Waals surface area contributed by atoms with Crippen molar-refractivity contribution in [3.8, 4) is 0 Å². The molecule has 2 heterocycles. The molecular weight excluding hydrogens is 298 g/mol. The molecule has 18 heavy (non-hydrogen) atoms. The maximum Gasteiger partial charge on any atom is 0.306 e. The molecule has 2 rings (SSSR count). The summed E-state index contributed by atoms with van der Waals surface area (Å²) >= 11 is 3.31. The standard InChI is InChI=1S/C13H18BrNO3/c1-8-7-10(13(16)17)5-6-15(8)9(2)11-3-4-12(14)18-11/h3-4,8-10H,5-7H2,1-2H3,(H,16,17). The zero-order chi connectivity index (χ0) is 13.3. The summed E-state index contributed by atoms with van der Waals surface area (Å²) in [6.07, 6.45) is 1.42. The zero-order valence-electron chi connectivity index (χ0n) is 10.6. The summed E-state index contributed by atoms with van der Waals surface area (Å²) in [6.45, 7) is 4.99. The molecule has 0 aromatic carbocycles. The molecule has 1 aliphatic heterocycles. The summed E-state index contributed by atoms with van der Waals surface area (Å²) in [6, 6.07) is 4.30. The highest BCUT2D eigenvalue weighted by Gasteiger charge is 2.33.